The quantitative estimate of drug-likeness (QED) is 0.0723. The van der Waals surface area contributed by atoms with E-state index in [4.69, 9.17) is 15.6 Å². The lowest BCUT2D eigenvalue weighted by Crippen LogP contribution is -2.50. The fourth-order valence-electron chi connectivity index (χ4n) is 2.18. The second-order valence-electron chi connectivity index (χ2n) is 7.94. The van der Waals surface area contributed by atoms with Gasteiger partial charge in [-0.1, -0.05) is 20.8 Å². The van der Waals surface area contributed by atoms with Gasteiger partial charge in [-0.05, 0) is 11.8 Å². The molecular formula is C17H30N6O9. The maximum atomic E-state index is 12.5. The lowest BCUT2D eigenvalue weighted by Gasteiger charge is -2.32. The summed E-state index contributed by atoms with van der Waals surface area (Å²) < 4.78 is 0. The lowest BCUT2D eigenvalue weighted by atomic mass is 9.92. The summed E-state index contributed by atoms with van der Waals surface area (Å²) in [6.45, 7) is 4.82. The molecule has 7 N–H and O–H groups in total. The number of hydrogen-bond donors (Lipinski definition) is 7. The SMILES string of the molecule is CC(C)(C)CCN(CN(CNC(=O)CC(=O)NO)C(=O)CC(=O)NO)C(=O)CC(=O)NO. The summed E-state index contributed by atoms with van der Waals surface area (Å²) in [5, 5.41) is 28.0. The van der Waals surface area contributed by atoms with Gasteiger partial charge in [0.15, 0.2) is 0 Å². The van der Waals surface area contributed by atoms with Crippen LogP contribution in [0.4, 0.5) is 0 Å². The summed E-state index contributed by atoms with van der Waals surface area (Å²) >= 11 is 0. The summed E-state index contributed by atoms with van der Waals surface area (Å²) in [5.74, 6) is -5.51. The van der Waals surface area contributed by atoms with Crippen LogP contribution in [0.15, 0.2) is 0 Å². The highest BCUT2D eigenvalue weighted by molar-refractivity contribution is 5.98. The summed E-state index contributed by atoms with van der Waals surface area (Å²) in [5.41, 5.74) is 3.66. The minimum atomic E-state index is -1.04. The van der Waals surface area contributed by atoms with Gasteiger partial charge >= 0.3 is 0 Å². The third kappa shape index (κ3) is 12.4. The average Bonchev–Trinajstić information content (AvgIpc) is 2.71. The van der Waals surface area contributed by atoms with E-state index in [1.807, 2.05) is 20.8 Å². The van der Waals surface area contributed by atoms with Crippen molar-refractivity contribution >= 4 is 35.4 Å². The molecule has 15 heteroatoms. The largest absolute Gasteiger partial charge is 0.338 e. The van der Waals surface area contributed by atoms with E-state index in [2.05, 4.69) is 5.32 Å². The fourth-order valence-corrected chi connectivity index (χ4v) is 2.18. The van der Waals surface area contributed by atoms with Crippen LogP contribution >= 0.6 is 0 Å². The zero-order chi connectivity index (χ0) is 24.9. The molecule has 15 nitrogen and oxygen atoms in total. The molecule has 0 bridgehead atoms. The number of hydroxylamine groups is 3. The predicted octanol–water partition coefficient (Wildman–Crippen LogP) is -2.20. The molecule has 0 unspecified atom stereocenters. The molecular weight excluding hydrogens is 432 g/mol. The molecule has 0 aliphatic heterocycles. The Labute approximate surface area is 184 Å². The summed E-state index contributed by atoms with van der Waals surface area (Å²) in [4.78, 5) is 72.6. The molecule has 0 saturated carbocycles. The fraction of sp³-hybridized carbons (Fsp3) is 0.647. The van der Waals surface area contributed by atoms with Crippen molar-refractivity contribution in [1.29, 1.82) is 0 Å². The van der Waals surface area contributed by atoms with Crippen LogP contribution in [0.3, 0.4) is 0 Å². The van der Waals surface area contributed by atoms with Gasteiger partial charge in [-0.2, -0.15) is 0 Å². The van der Waals surface area contributed by atoms with E-state index in [9.17, 15) is 28.8 Å². The topological polar surface area (TPSA) is 218 Å². The van der Waals surface area contributed by atoms with E-state index in [1.165, 1.54) is 16.4 Å². The van der Waals surface area contributed by atoms with Gasteiger partial charge in [0.05, 0.1) is 13.3 Å². The number of carbonyl (C=O) groups excluding carboxylic acids is 6. The van der Waals surface area contributed by atoms with Gasteiger partial charge in [-0.25, -0.2) is 16.4 Å². The molecule has 0 aromatic rings. The van der Waals surface area contributed by atoms with Crippen molar-refractivity contribution in [3.63, 3.8) is 0 Å². The molecule has 0 heterocycles. The number of nitrogens with zero attached hydrogens (tertiary/aromatic N) is 2. The minimum Gasteiger partial charge on any atom is -0.338 e. The number of amides is 6. The smallest absolute Gasteiger partial charge is 0.252 e. The maximum absolute atomic E-state index is 12.5. The summed E-state index contributed by atoms with van der Waals surface area (Å²) in [7, 11) is 0. The first-order chi connectivity index (χ1) is 14.8. The van der Waals surface area contributed by atoms with Crippen molar-refractivity contribution < 1.29 is 44.4 Å². The Morgan fingerprint density at radius 3 is 1.56 bits per heavy atom. The van der Waals surface area contributed by atoms with Crippen molar-refractivity contribution in [3.05, 3.63) is 0 Å². The monoisotopic (exact) mass is 462 g/mol. The maximum Gasteiger partial charge on any atom is 0.252 e. The van der Waals surface area contributed by atoms with Crippen LogP contribution in [0.25, 0.3) is 0 Å². The Kier molecular flexibility index (Phi) is 12.5. The molecule has 0 aliphatic carbocycles. The van der Waals surface area contributed by atoms with Crippen molar-refractivity contribution in [2.75, 3.05) is 19.9 Å². The molecule has 0 radical (unpaired) electrons. The molecule has 0 atom stereocenters. The highest BCUT2D eigenvalue weighted by Gasteiger charge is 2.26. The van der Waals surface area contributed by atoms with Gasteiger partial charge in [0, 0.05) is 6.54 Å². The Bertz CT molecular complexity index is 707. The van der Waals surface area contributed by atoms with Gasteiger partial charge in [-0.3, -0.25) is 44.4 Å². The van der Waals surface area contributed by atoms with Gasteiger partial charge in [0.25, 0.3) is 17.7 Å². The lowest BCUT2D eigenvalue weighted by molar-refractivity contribution is -0.145. The Hall–Kier alpha value is -3.30. The van der Waals surface area contributed by atoms with E-state index in [1.54, 1.807) is 0 Å². The van der Waals surface area contributed by atoms with Crippen LogP contribution in [-0.2, 0) is 28.8 Å². The van der Waals surface area contributed by atoms with Crippen molar-refractivity contribution in [3.8, 4) is 0 Å². The van der Waals surface area contributed by atoms with Crippen LogP contribution in [0.1, 0.15) is 46.5 Å². The third-order valence-corrected chi connectivity index (χ3v) is 3.96. The molecule has 0 rings (SSSR count). The van der Waals surface area contributed by atoms with E-state index in [0.29, 0.717) is 6.42 Å². The van der Waals surface area contributed by atoms with E-state index in [-0.39, 0.29) is 12.0 Å². The standard InChI is InChI=1S/C17H30N6O9/c1-17(2,3)4-5-22(15(28)7-13(26)20-31)10-23(16(29)8-14(27)21-32)9-18-11(24)6-12(25)19-30/h30-32H,4-10H2,1-3H3,(H,18,24)(H,19,25)(H,20,26)(H,21,27). The van der Waals surface area contributed by atoms with Crippen molar-refractivity contribution in [1.82, 2.24) is 31.6 Å². The van der Waals surface area contributed by atoms with Crippen molar-refractivity contribution in [2.45, 2.75) is 46.5 Å². The highest BCUT2D eigenvalue weighted by Crippen LogP contribution is 2.19. The molecule has 182 valence electrons. The summed E-state index contributed by atoms with van der Waals surface area (Å²) in [6, 6.07) is 0. The normalized spacial score (nSPS) is 10.6. The van der Waals surface area contributed by atoms with Gasteiger partial charge in [-0.15, -0.1) is 0 Å². The van der Waals surface area contributed by atoms with Gasteiger partial charge in [0.2, 0.25) is 17.7 Å². The first-order valence-corrected chi connectivity index (χ1v) is 9.44. The molecule has 0 spiro atoms. The van der Waals surface area contributed by atoms with Crippen LogP contribution < -0.4 is 21.8 Å². The van der Waals surface area contributed by atoms with Gasteiger partial charge < -0.3 is 15.1 Å². The van der Waals surface area contributed by atoms with E-state index in [0.717, 1.165) is 9.80 Å². The van der Waals surface area contributed by atoms with E-state index < -0.39 is 68.0 Å². The van der Waals surface area contributed by atoms with Gasteiger partial charge in [0.1, 0.15) is 19.3 Å². The van der Waals surface area contributed by atoms with Crippen LogP contribution in [-0.4, -0.2) is 80.7 Å². The second-order valence-corrected chi connectivity index (χ2v) is 7.94. The van der Waals surface area contributed by atoms with Crippen LogP contribution in [0.2, 0.25) is 0 Å². The number of carbonyl (C=O) groups is 6. The van der Waals surface area contributed by atoms with E-state index >= 15 is 0 Å². The third-order valence-electron chi connectivity index (χ3n) is 3.96. The Morgan fingerprint density at radius 1 is 0.688 bits per heavy atom. The predicted molar refractivity (Wildman–Crippen MR) is 104 cm³/mol. The van der Waals surface area contributed by atoms with Crippen molar-refractivity contribution in [2.24, 2.45) is 5.41 Å². The van der Waals surface area contributed by atoms with Crippen LogP contribution in [0, 0.1) is 5.41 Å². The number of rotatable bonds is 12. The summed E-state index contributed by atoms with van der Waals surface area (Å²) in [6.07, 6.45) is -1.83. The molecule has 0 aliphatic rings. The minimum absolute atomic E-state index is 0.0951. The van der Waals surface area contributed by atoms with Crippen LogP contribution in [0.5, 0.6) is 0 Å². The Balaban J connectivity index is 5.53. The molecule has 0 saturated heterocycles. The first-order valence-electron chi connectivity index (χ1n) is 9.44. The Morgan fingerprint density at radius 2 is 1.12 bits per heavy atom. The zero-order valence-electron chi connectivity index (χ0n) is 18.1. The molecule has 0 aromatic heterocycles. The molecule has 32 heavy (non-hydrogen) atoms. The zero-order valence-corrected chi connectivity index (χ0v) is 18.1. The average molecular weight is 462 g/mol. The molecule has 0 fully saturated rings. The highest BCUT2D eigenvalue weighted by atomic mass is 16.5. The first kappa shape index (κ1) is 28.7. The molecule has 0 aromatic carbocycles. The second kappa shape index (κ2) is 13.9. The number of nitrogens with one attached hydrogen (secondary N) is 4. The number of hydrogen-bond acceptors (Lipinski definition) is 9. The molecule has 6 amide bonds.